The van der Waals surface area contributed by atoms with Crippen LogP contribution in [-0.2, 0) is 5.54 Å². The molecule has 0 atom stereocenters. The summed E-state index contributed by atoms with van der Waals surface area (Å²) in [5.41, 5.74) is 0.331. The fourth-order valence-corrected chi connectivity index (χ4v) is 8.19. The van der Waals surface area contributed by atoms with Gasteiger partial charge >= 0.3 is 0 Å². The summed E-state index contributed by atoms with van der Waals surface area (Å²) in [6.45, 7) is 6.96. The van der Waals surface area contributed by atoms with Crippen LogP contribution in [0.5, 0.6) is 0 Å². The molecule has 1 rings (SSSR count). The molecule has 0 aliphatic heterocycles. The van der Waals surface area contributed by atoms with Crippen LogP contribution in [0.3, 0.4) is 0 Å². The van der Waals surface area contributed by atoms with E-state index in [1.165, 1.54) is 244 Å². The molecule has 1 nitrogen and oxygen atoms in total. The second kappa shape index (κ2) is 36.0. The Balaban J connectivity index is 2.47. The maximum Gasteiger partial charge on any atom is 0.169 e. The van der Waals surface area contributed by atoms with E-state index in [0.29, 0.717) is 5.54 Å². The Morgan fingerprint density at radius 1 is 0.271 bits per heavy atom. The van der Waals surface area contributed by atoms with E-state index in [-0.39, 0.29) is 0 Å². The summed E-state index contributed by atoms with van der Waals surface area (Å²) in [4.78, 5) is 0. The molecule has 0 amide bonds. The minimum absolute atomic E-state index is 0.331. The molecule has 0 fully saturated rings. The second-order valence-electron chi connectivity index (χ2n) is 16.1. The number of unbranched alkanes of at least 4 members (excludes halogenated alkanes) is 32. The zero-order chi connectivity index (χ0) is 34.5. The number of rotatable bonds is 39. The van der Waals surface area contributed by atoms with Crippen molar-refractivity contribution in [3.05, 3.63) is 30.6 Å². The molecule has 1 heterocycles. The highest BCUT2D eigenvalue weighted by atomic mass is 15.0. The highest BCUT2D eigenvalue weighted by Gasteiger charge is 2.37. The van der Waals surface area contributed by atoms with Crippen LogP contribution >= 0.6 is 0 Å². The predicted octanol–water partition coefficient (Wildman–Crippen LogP) is 16.6. The lowest BCUT2D eigenvalue weighted by atomic mass is 9.81. The standard InChI is InChI=1S/C47H90N/c1-4-7-10-13-16-19-22-23-24-25-26-29-32-35-39-44-47(48-45-40-36-41-46-48,42-37-33-30-27-20-17-14-11-8-5-2)43-38-34-31-28-21-18-15-12-9-6-3/h36,40-41,45-46H,4-35,37-39,42-44H2,1-3H3/q+1. The van der Waals surface area contributed by atoms with E-state index >= 15 is 0 Å². The number of nitrogens with zero attached hydrogens (tertiary/aromatic N) is 1. The molecular formula is C47H90N+. The van der Waals surface area contributed by atoms with Crippen molar-refractivity contribution in [3.63, 3.8) is 0 Å². The molecule has 0 aromatic carbocycles. The lowest BCUT2D eigenvalue weighted by molar-refractivity contribution is -0.768. The Labute approximate surface area is 304 Å². The van der Waals surface area contributed by atoms with E-state index in [1.54, 1.807) is 0 Å². The Hall–Kier alpha value is -0.850. The molecule has 1 aromatic rings. The topological polar surface area (TPSA) is 3.88 Å². The summed E-state index contributed by atoms with van der Waals surface area (Å²) in [6.07, 6.45) is 59.5. The van der Waals surface area contributed by atoms with Crippen molar-refractivity contribution in [1.29, 1.82) is 0 Å². The minimum atomic E-state index is 0.331. The molecule has 0 bridgehead atoms. The van der Waals surface area contributed by atoms with Crippen molar-refractivity contribution in [2.24, 2.45) is 0 Å². The molecule has 0 unspecified atom stereocenters. The first-order valence-corrected chi connectivity index (χ1v) is 22.8. The van der Waals surface area contributed by atoms with E-state index in [2.05, 4.69) is 55.9 Å². The van der Waals surface area contributed by atoms with E-state index < -0.39 is 0 Å². The first kappa shape index (κ1) is 45.2. The summed E-state index contributed by atoms with van der Waals surface area (Å²) in [6, 6.07) is 6.80. The van der Waals surface area contributed by atoms with Gasteiger partial charge in [0.1, 0.15) is 0 Å². The zero-order valence-corrected chi connectivity index (χ0v) is 33.7. The molecule has 0 saturated heterocycles. The molecule has 1 aromatic heterocycles. The molecular weight excluding hydrogens is 579 g/mol. The van der Waals surface area contributed by atoms with Crippen LogP contribution in [0, 0.1) is 0 Å². The van der Waals surface area contributed by atoms with Crippen LogP contribution in [0.15, 0.2) is 30.6 Å². The zero-order valence-electron chi connectivity index (χ0n) is 33.7. The third-order valence-corrected chi connectivity index (χ3v) is 11.5. The molecule has 48 heavy (non-hydrogen) atoms. The van der Waals surface area contributed by atoms with Crippen molar-refractivity contribution >= 4 is 0 Å². The van der Waals surface area contributed by atoms with E-state index in [9.17, 15) is 0 Å². The molecule has 1 heteroatoms. The highest BCUT2D eigenvalue weighted by molar-refractivity contribution is 4.86. The summed E-state index contributed by atoms with van der Waals surface area (Å²) in [5.74, 6) is 0. The fourth-order valence-electron chi connectivity index (χ4n) is 8.19. The second-order valence-corrected chi connectivity index (χ2v) is 16.1. The van der Waals surface area contributed by atoms with Gasteiger partial charge < -0.3 is 0 Å². The van der Waals surface area contributed by atoms with Gasteiger partial charge in [0.05, 0.1) is 0 Å². The van der Waals surface area contributed by atoms with Gasteiger partial charge in [-0.1, -0.05) is 232 Å². The van der Waals surface area contributed by atoms with Gasteiger partial charge in [0.2, 0.25) is 0 Å². The Morgan fingerprint density at radius 2 is 0.479 bits per heavy atom. The van der Waals surface area contributed by atoms with E-state index in [4.69, 9.17) is 0 Å². The third kappa shape index (κ3) is 26.9. The molecule has 0 saturated carbocycles. The smallest absolute Gasteiger partial charge is 0.169 e. The fraction of sp³-hybridized carbons (Fsp3) is 0.894. The predicted molar refractivity (Wildman–Crippen MR) is 217 cm³/mol. The van der Waals surface area contributed by atoms with Crippen molar-refractivity contribution in [3.8, 4) is 0 Å². The largest absolute Gasteiger partial charge is 0.200 e. The number of hydrogen-bond donors (Lipinski definition) is 0. The quantitative estimate of drug-likeness (QED) is 0.0485. The van der Waals surface area contributed by atoms with E-state index in [0.717, 1.165) is 0 Å². The van der Waals surface area contributed by atoms with Crippen LogP contribution in [0.1, 0.15) is 265 Å². The molecule has 0 aliphatic carbocycles. The van der Waals surface area contributed by atoms with Crippen molar-refractivity contribution in [2.45, 2.75) is 270 Å². The summed E-state index contributed by atoms with van der Waals surface area (Å²) < 4.78 is 2.68. The van der Waals surface area contributed by atoms with Crippen LogP contribution in [0.2, 0.25) is 0 Å². The monoisotopic (exact) mass is 669 g/mol. The van der Waals surface area contributed by atoms with Crippen molar-refractivity contribution < 1.29 is 4.57 Å². The van der Waals surface area contributed by atoms with Gasteiger partial charge in [-0.25, -0.2) is 0 Å². The Morgan fingerprint density at radius 3 is 0.708 bits per heavy atom. The summed E-state index contributed by atoms with van der Waals surface area (Å²) >= 11 is 0. The third-order valence-electron chi connectivity index (χ3n) is 11.5. The van der Waals surface area contributed by atoms with Gasteiger partial charge in [-0.15, -0.1) is 0 Å². The summed E-state index contributed by atoms with van der Waals surface area (Å²) in [7, 11) is 0. The van der Waals surface area contributed by atoms with Crippen LogP contribution < -0.4 is 4.57 Å². The average Bonchev–Trinajstić information content (AvgIpc) is 3.11. The highest BCUT2D eigenvalue weighted by Crippen LogP contribution is 2.32. The Kier molecular flexibility index (Phi) is 33.8. The SMILES string of the molecule is CCCCCCCCCCCCCCCCCC(CCCCCCCCCCCC)(CCCCCCCCCCCC)[n+]1ccccc1. The first-order chi connectivity index (χ1) is 23.8. The van der Waals surface area contributed by atoms with Crippen LogP contribution in [0.25, 0.3) is 0 Å². The van der Waals surface area contributed by atoms with Crippen molar-refractivity contribution in [2.75, 3.05) is 0 Å². The molecule has 0 spiro atoms. The lowest BCUT2D eigenvalue weighted by Gasteiger charge is -2.29. The maximum atomic E-state index is 2.68. The van der Waals surface area contributed by atoms with Gasteiger partial charge in [0, 0.05) is 31.4 Å². The van der Waals surface area contributed by atoms with Gasteiger partial charge in [-0.05, 0) is 19.3 Å². The normalized spacial score (nSPS) is 11.9. The molecule has 0 radical (unpaired) electrons. The lowest BCUT2D eigenvalue weighted by Crippen LogP contribution is -2.55. The Bertz CT molecular complexity index is 702. The first-order valence-electron chi connectivity index (χ1n) is 22.8. The minimum Gasteiger partial charge on any atom is -0.200 e. The summed E-state index contributed by atoms with van der Waals surface area (Å²) in [5, 5.41) is 0. The van der Waals surface area contributed by atoms with Crippen LogP contribution in [-0.4, -0.2) is 0 Å². The maximum absolute atomic E-state index is 2.68. The van der Waals surface area contributed by atoms with E-state index in [1.807, 2.05) is 0 Å². The number of pyridine rings is 1. The van der Waals surface area contributed by atoms with Gasteiger partial charge in [-0.3, -0.25) is 0 Å². The number of hydrogen-bond acceptors (Lipinski definition) is 0. The average molecular weight is 669 g/mol. The molecule has 0 N–H and O–H groups in total. The van der Waals surface area contributed by atoms with Gasteiger partial charge in [0.15, 0.2) is 17.9 Å². The van der Waals surface area contributed by atoms with Gasteiger partial charge in [-0.2, -0.15) is 4.57 Å². The van der Waals surface area contributed by atoms with Crippen LogP contribution in [0.4, 0.5) is 0 Å². The van der Waals surface area contributed by atoms with Gasteiger partial charge in [0.25, 0.3) is 0 Å². The molecule has 282 valence electrons. The number of aromatic nitrogens is 1. The van der Waals surface area contributed by atoms with Crippen molar-refractivity contribution in [1.82, 2.24) is 0 Å². The molecule has 0 aliphatic rings.